The van der Waals surface area contributed by atoms with Crippen LogP contribution in [0.25, 0.3) is 0 Å². The van der Waals surface area contributed by atoms with Crippen LogP contribution in [0.2, 0.25) is 0 Å². The molecule has 8 heteroatoms. The third-order valence-electron chi connectivity index (χ3n) is 2.30. The maximum atomic E-state index is 11.9. The molecule has 2 atom stereocenters. The van der Waals surface area contributed by atoms with Gasteiger partial charge in [0.2, 0.25) is 0 Å². The molecule has 0 rings (SSSR count). The van der Waals surface area contributed by atoms with Crippen LogP contribution in [-0.2, 0) is 13.8 Å². The van der Waals surface area contributed by atoms with E-state index in [0.717, 1.165) is 43.9 Å². The number of hydrogen-bond acceptors (Lipinski definition) is 5. The van der Waals surface area contributed by atoms with Crippen LogP contribution in [0.15, 0.2) is 0 Å². The minimum atomic E-state index is -3.20. The van der Waals surface area contributed by atoms with Gasteiger partial charge in [-0.15, -0.1) is 0 Å². The average molecular weight is 328 g/mol. The molecule has 0 aromatic rings. The van der Waals surface area contributed by atoms with Crippen LogP contribution < -0.4 is 10.8 Å². The predicted molar refractivity (Wildman–Crippen MR) is 86.6 cm³/mol. The van der Waals surface area contributed by atoms with Gasteiger partial charge < -0.3 is 14.6 Å². The summed E-state index contributed by atoms with van der Waals surface area (Å²) in [6.07, 6.45) is 2.75. The van der Waals surface area contributed by atoms with Crippen molar-refractivity contribution in [3.8, 4) is 0 Å². The smallest absolute Gasteiger partial charge is 0.373 e. The molecule has 114 valence electrons. The van der Waals surface area contributed by atoms with Crippen molar-refractivity contribution in [3.05, 3.63) is 0 Å². The first kappa shape index (κ1) is 19.2. The van der Waals surface area contributed by atoms with Gasteiger partial charge in [-0.3, -0.25) is 0 Å². The number of nitrogens with two attached hydrogens (primary N) is 1. The van der Waals surface area contributed by atoms with Crippen LogP contribution in [-0.4, -0.2) is 30.2 Å². The lowest BCUT2D eigenvalue weighted by atomic mass is 10.3. The second-order valence-electron chi connectivity index (χ2n) is 4.07. The van der Waals surface area contributed by atoms with Crippen LogP contribution >= 0.6 is 30.3 Å². The minimum Gasteiger partial charge on any atom is -0.399 e. The van der Waals surface area contributed by atoms with E-state index in [9.17, 15) is 4.57 Å². The average Bonchev–Trinajstić information content (AvgIpc) is 2.32. The molecule has 0 saturated heterocycles. The molecule has 0 spiro atoms. The molecule has 0 amide bonds. The Morgan fingerprint density at radius 2 is 2.16 bits per heavy atom. The molecule has 0 aliphatic carbocycles. The molecule has 0 radical (unpaired) electrons. The molecule has 0 aliphatic rings. The summed E-state index contributed by atoms with van der Waals surface area (Å²) in [7, 11) is 0. The van der Waals surface area contributed by atoms with Crippen LogP contribution in [0.5, 0.6) is 0 Å². The quantitative estimate of drug-likeness (QED) is 0.362. The molecule has 19 heavy (non-hydrogen) atoms. The van der Waals surface area contributed by atoms with Gasteiger partial charge in [0.05, 0.1) is 0 Å². The summed E-state index contributed by atoms with van der Waals surface area (Å²) in [4.78, 5) is 0. The fourth-order valence-electron chi connectivity index (χ4n) is 1.16. The van der Waals surface area contributed by atoms with Crippen molar-refractivity contribution in [2.75, 3.05) is 19.8 Å². The van der Waals surface area contributed by atoms with E-state index >= 15 is 0 Å². The highest BCUT2D eigenvalue weighted by atomic mass is 32.7. The zero-order valence-corrected chi connectivity index (χ0v) is 14.4. The first-order valence-electron chi connectivity index (χ1n) is 6.53. The first-order chi connectivity index (χ1) is 8.91. The molecule has 0 saturated carbocycles. The third-order valence-corrected chi connectivity index (χ3v) is 6.26. The van der Waals surface area contributed by atoms with Gasteiger partial charge in [-0.1, -0.05) is 13.8 Å². The summed E-state index contributed by atoms with van der Waals surface area (Å²) >= 11 is 6.11. The van der Waals surface area contributed by atoms with Crippen LogP contribution in [0.1, 0.15) is 40.0 Å². The van der Waals surface area contributed by atoms with Crippen LogP contribution in [0.3, 0.4) is 0 Å². The molecule has 0 fully saturated rings. The second-order valence-corrected chi connectivity index (χ2v) is 8.88. The van der Waals surface area contributed by atoms with E-state index in [1.807, 2.05) is 20.8 Å². The van der Waals surface area contributed by atoms with Crippen LogP contribution in [0, 0.1) is 0 Å². The number of ether oxygens (including phenoxy) is 1. The Hall–Kier alpha value is 0.190. The summed E-state index contributed by atoms with van der Waals surface area (Å²) in [5.74, 6) is 0. The lowest BCUT2D eigenvalue weighted by Crippen LogP contribution is -2.25. The predicted octanol–water partition coefficient (Wildman–Crippen LogP) is 3.29. The maximum Gasteiger partial charge on any atom is 0.373 e. The molecular formula is C11H25N2O3PS2. The highest BCUT2D eigenvalue weighted by molar-refractivity contribution is 8.56. The molecule has 0 heterocycles. The van der Waals surface area contributed by atoms with Crippen molar-refractivity contribution >= 4 is 35.5 Å². The molecule has 0 bridgehead atoms. The summed E-state index contributed by atoms with van der Waals surface area (Å²) in [6.45, 7) is 4.87. The highest BCUT2D eigenvalue weighted by Crippen LogP contribution is 2.54. The summed E-state index contributed by atoms with van der Waals surface area (Å²) < 4.78 is 22.3. The van der Waals surface area contributed by atoms with Crippen molar-refractivity contribution in [2.45, 2.75) is 45.3 Å². The van der Waals surface area contributed by atoms with Gasteiger partial charge in [0.25, 0.3) is 5.17 Å². The largest absolute Gasteiger partial charge is 0.399 e. The Bertz CT molecular complexity index is 306. The van der Waals surface area contributed by atoms with E-state index in [2.05, 4.69) is 5.32 Å². The van der Waals surface area contributed by atoms with Crippen molar-refractivity contribution in [1.29, 1.82) is 0 Å². The number of hydrogen-bond donors (Lipinski definition) is 2. The number of thiocarbonyl (C=S) groups is 1. The maximum absolute atomic E-state index is 11.9. The number of rotatable bonds is 10. The Balaban J connectivity index is 3.75. The Morgan fingerprint density at radius 1 is 1.47 bits per heavy atom. The van der Waals surface area contributed by atoms with Gasteiger partial charge in [0, 0.05) is 25.0 Å². The van der Waals surface area contributed by atoms with Gasteiger partial charge in [-0.25, -0.2) is 10.1 Å². The van der Waals surface area contributed by atoms with E-state index in [-0.39, 0.29) is 10.4 Å². The van der Waals surface area contributed by atoms with Gasteiger partial charge in [-0.2, -0.15) is 0 Å². The second kappa shape index (κ2) is 10.9. The number of unbranched alkanes of at least 4 members (excludes halogenated alkanes) is 1. The van der Waals surface area contributed by atoms with E-state index in [4.69, 9.17) is 27.0 Å². The van der Waals surface area contributed by atoms with E-state index in [0.29, 0.717) is 6.54 Å². The van der Waals surface area contributed by atoms with Crippen molar-refractivity contribution in [2.24, 2.45) is 5.50 Å². The van der Waals surface area contributed by atoms with Gasteiger partial charge >= 0.3 is 6.72 Å². The number of nitrogens with one attached hydrogen (secondary N) is 1. The lowest BCUT2D eigenvalue weighted by Gasteiger charge is -2.17. The van der Waals surface area contributed by atoms with Crippen LogP contribution in [0.4, 0.5) is 0 Å². The zero-order chi connectivity index (χ0) is 14.7. The molecule has 5 nitrogen and oxygen atoms in total. The molecular weight excluding hydrogens is 303 g/mol. The minimum absolute atomic E-state index is 0.109. The summed E-state index contributed by atoms with van der Waals surface area (Å²) in [5.41, 5.74) is 5.61. The van der Waals surface area contributed by atoms with Crippen molar-refractivity contribution < 1.29 is 13.8 Å². The molecule has 0 aliphatic heterocycles. The van der Waals surface area contributed by atoms with Gasteiger partial charge in [-0.05, 0) is 49.8 Å². The first-order valence-corrected chi connectivity index (χ1v) is 10.1. The highest BCUT2D eigenvalue weighted by Gasteiger charge is 2.23. The molecule has 2 unspecified atom stereocenters. The third kappa shape index (κ3) is 11.7. The fraction of sp³-hybridized carbons (Fsp3) is 0.909. The standard InChI is InChI=1S/C11H25N2O3PS2/c1-4-10(3)19-17(12,14)16-11(18)13-8-6-7-9-15-5-2/h10H,4-9H2,1-3H3,(H2,12,14)(H,13,18). The van der Waals surface area contributed by atoms with Crippen molar-refractivity contribution in [1.82, 2.24) is 5.32 Å². The normalized spacial score (nSPS) is 15.6. The Morgan fingerprint density at radius 3 is 2.74 bits per heavy atom. The van der Waals surface area contributed by atoms with E-state index in [1.54, 1.807) is 0 Å². The topological polar surface area (TPSA) is 73.6 Å². The lowest BCUT2D eigenvalue weighted by molar-refractivity contribution is 0.143. The SMILES string of the molecule is CCOCCCCNC(=S)OP(N)(=O)SC(C)CC. The van der Waals surface area contributed by atoms with Crippen molar-refractivity contribution in [3.63, 3.8) is 0 Å². The van der Waals surface area contributed by atoms with Gasteiger partial charge in [0.1, 0.15) is 0 Å². The van der Waals surface area contributed by atoms with E-state index < -0.39 is 6.72 Å². The molecule has 0 aromatic heterocycles. The zero-order valence-electron chi connectivity index (χ0n) is 11.9. The monoisotopic (exact) mass is 328 g/mol. The fourth-order valence-corrected chi connectivity index (χ4v) is 5.03. The van der Waals surface area contributed by atoms with E-state index in [1.165, 1.54) is 0 Å². The molecule has 0 aromatic carbocycles. The van der Waals surface area contributed by atoms with Gasteiger partial charge in [0.15, 0.2) is 0 Å². The summed E-state index contributed by atoms with van der Waals surface area (Å²) in [6, 6.07) is 0. The molecule has 3 N–H and O–H groups in total. The summed E-state index contributed by atoms with van der Waals surface area (Å²) in [5, 5.41) is 3.19. The Kier molecular flexibility index (Phi) is 11.0. The Labute approximate surface area is 125 Å².